The van der Waals surface area contributed by atoms with Crippen molar-refractivity contribution < 1.29 is 9.90 Å². The van der Waals surface area contributed by atoms with Crippen molar-refractivity contribution in [3.05, 3.63) is 47.0 Å². The summed E-state index contributed by atoms with van der Waals surface area (Å²) in [4.78, 5) is 14.7. The highest BCUT2D eigenvalue weighted by Gasteiger charge is 2.62. The van der Waals surface area contributed by atoms with Crippen LogP contribution in [0.2, 0.25) is 5.02 Å². The lowest BCUT2D eigenvalue weighted by Gasteiger charge is -2.62. The van der Waals surface area contributed by atoms with Gasteiger partial charge in [0.2, 0.25) is 5.91 Å². The summed E-state index contributed by atoms with van der Waals surface area (Å²) >= 11 is 6.29. The third-order valence-electron chi connectivity index (χ3n) is 9.58. The Morgan fingerprint density at radius 2 is 2.00 bits per heavy atom. The first-order valence-electron chi connectivity index (χ1n) is 11.6. The van der Waals surface area contributed by atoms with Gasteiger partial charge in [-0.05, 0) is 91.4 Å². The molecular formula is C26H34ClNO2. The number of amides is 1. The summed E-state index contributed by atoms with van der Waals surface area (Å²) in [6.07, 6.45) is 10.3. The van der Waals surface area contributed by atoms with E-state index in [-0.39, 0.29) is 28.9 Å². The molecular weight excluding hydrogens is 394 g/mol. The van der Waals surface area contributed by atoms with E-state index < -0.39 is 0 Å². The second-order valence-corrected chi connectivity index (χ2v) is 11.4. The summed E-state index contributed by atoms with van der Waals surface area (Å²) < 4.78 is 0. The van der Waals surface area contributed by atoms with Gasteiger partial charge in [-0.15, -0.1) is 0 Å². The van der Waals surface area contributed by atoms with Crippen molar-refractivity contribution in [2.75, 3.05) is 7.05 Å². The Balaban J connectivity index is 1.55. The Kier molecular flexibility index (Phi) is 4.87. The first kappa shape index (κ1) is 20.6. The largest absolute Gasteiger partial charge is 0.393 e. The van der Waals surface area contributed by atoms with Crippen molar-refractivity contribution in [3.8, 4) is 0 Å². The van der Waals surface area contributed by atoms with Gasteiger partial charge in [0.05, 0.1) is 6.10 Å². The van der Waals surface area contributed by atoms with Gasteiger partial charge in [-0.2, -0.15) is 0 Å². The molecule has 1 aliphatic heterocycles. The number of carbonyl (C=O) groups is 1. The third kappa shape index (κ3) is 2.92. The van der Waals surface area contributed by atoms with Gasteiger partial charge in [-0.3, -0.25) is 4.79 Å². The van der Waals surface area contributed by atoms with Gasteiger partial charge < -0.3 is 10.0 Å². The normalized spacial score (nSPS) is 45.1. The first-order chi connectivity index (χ1) is 14.2. The second-order valence-electron chi connectivity index (χ2n) is 10.9. The number of rotatable bonds is 2. The topological polar surface area (TPSA) is 40.5 Å². The molecule has 1 N–H and O–H groups in total. The number of halogens is 1. The number of fused-ring (bicyclic) bond motifs is 5. The fourth-order valence-electron chi connectivity index (χ4n) is 8.19. The van der Waals surface area contributed by atoms with Crippen LogP contribution in [0.4, 0.5) is 0 Å². The Labute approximate surface area is 185 Å². The molecule has 4 heteroatoms. The van der Waals surface area contributed by atoms with Crippen LogP contribution in [0, 0.1) is 34.5 Å². The molecule has 0 bridgehead atoms. The Bertz CT molecular complexity index is 884. The molecule has 0 saturated heterocycles. The number of benzene rings is 1. The van der Waals surface area contributed by atoms with E-state index in [4.69, 9.17) is 11.6 Å². The Hall–Kier alpha value is -1.32. The molecule has 162 valence electrons. The van der Waals surface area contributed by atoms with Crippen molar-refractivity contribution in [2.24, 2.45) is 34.5 Å². The fraction of sp³-hybridized carbons (Fsp3) is 0.654. The van der Waals surface area contributed by atoms with Gasteiger partial charge in [-0.25, -0.2) is 0 Å². The molecule has 3 fully saturated rings. The average molecular weight is 428 g/mol. The molecule has 0 radical (unpaired) electrons. The maximum absolute atomic E-state index is 12.7. The van der Waals surface area contributed by atoms with E-state index >= 15 is 0 Å². The van der Waals surface area contributed by atoms with Crippen molar-refractivity contribution in [1.82, 2.24) is 4.90 Å². The van der Waals surface area contributed by atoms with E-state index in [1.54, 1.807) is 0 Å². The van der Waals surface area contributed by atoms with Gasteiger partial charge in [0.25, 0.3) is 0 Å². The second kappa shape index (κ2) is 7.10. The van der Waals surface area contributed by atoms with Gasteiger partial charge in [0, 0.05) is 23.5 Å². The van der Waals surface area contributed by atoms with Crippen LogP contribution in [0.1, 0.15) is 51.5 Å². The standard InChI is InChI=1S/C26H34ClNO2/c1-25-11-9-21-19(20(25)7-8-22(25)29)15-17(13-16-5-4-6-18(27)14-16)24-26(21,2)12-10-23(30)28(24)3/h4-6,10,12,14,17,19-22,24,29H,7-9,11,13,15H2,1-3H3/t17?,19-,20-,21+,22?,24?,25-,26+/m0/s1. The van der Waals surface area contributed by atoms with Gasteiger partial charge >= 0.3 is 0 Å². The van der Waals surface area contributed by atoms with Crippen LogP contribution in [0.15, 0.2) is 36.4 Å². The van der Waals surface area contributed by atoms with Crippen molar-refractivity contribution in [2.45, 2.75) is 64.5 Å². The summed E-state index contributed by atoms with van der Waals surface area (Å²) in [6, 6.07) is 8.42. The zero-order chi connectivity index (χ0) is 21.3. The highest BCUT2D eigenvalue weighted by Crippen LogP contribution is 2.65. The third-order valence-corrected chi connectivity index (χ3v) is 9.82. The van der Waals surface area contributed by atoms with Gasteiger partial charge in [0.1, 0.15) is 0 Å². The van der Waals surface area contributed by atoms with E-state index in [0.29, 0.717) is 23.7 Å². The molecule has 3 aliphatic carbocycles. The number of hydrogen-bond donors (Lipinski definition) is 1. The molecule has 3 unspecified atom stereocenters. The molecule has 1 heterocycles. The smallest absolute Gasteiger partial charge is 0.246 e. The van der Waals surface area contributed by atoms with Crippen LogP contribution < -0.4 is 0 Å². The van der Waals surface area contributed by atoms with E-state index in [1.807, 2.05) is 30.2 Å². The molecule has 1 aromatic rings. The Morgan fingerprint density at radius 3 is 2.77 bits per heavy atom. The maximum atomic E-state index is 12.7. The molecule has 0 aromatic heterocycles. The van der Waals surface area contributed by atoms with Gasteiger partial charge in [-0.1, -0.05) is 43.7 Å². The molecule has 3 nitrogen and oxygen atoms in total. The Morgan fingerprint density at radius 1 is 1.20 bits per heavy atom. The van der Waals surface area contributed by atoms with Crippen LogP contribution in [-0.4, -0.2) is 35.1 Å². The average Bonchev–Trinajstić information content (AvgIpc) is 3.00. The minimum absolute atomic E-state index is 0.0102. The highest BCUT2D eigenvalue weighted by molar-refractivity contribution is 6.30. The fourth-order valence-corrected chi connectivity index (χ4v) is 8.40. The van der Waals surface area contributed by atoms with Crippen LogP contribution in [0.5, 0.6) is 0 Å². The molecule has 0 spiro atoms. The first-order valence-corrected chi connectivity index (χ1v) is 12.0. The quantitative estimate of drug-likeness (QED) is 0.712. The van der Waals surface area contributed by atoms with Gasteiger partial charge in [0.15, 0.2) is 0 Å². The molecule has 1 aromatic carbocycles. The number of aliphatic hydroxyl groups excluding tert-OH is 1. The molecule has 3 saturated carbocycles. The van der Waals surface area contributed by atoms with Crippen LogP contribution in [0.3, 0.4) is 0 Å². The molecule has 8 atom stereocenters. The van der Waals surface area contributed by atoms with Crippen molar-refractivity contribution in [3.63, 3.8) is 0 Å². The predicted molar refractivity (Wildman–Crippen MR) is 120 cm³/mol. The number of aliphatic hydroxyl groups is 1. The zero-order valence-electron chi connectivity index (χ0n) is 18.4. The lowest BCUT2D eigenvalue weighted by molar-refractivity contribution is -0.148. The van der Waals surface area contributed by atoms with E-state index in [9.17, 15) is 9.90 Å². The summed E-state index contributed by atoms with van der Waals surface area (Å²) in [5.74, 6) is 2.30. The number of carbonyl (C=O) groups excluding carboxylic acids is 1. The lowest BCUT2D eigenvalue weighted by Crippen LogP contribution is -2.63. The lowest BCUT2D eigenvalue weighted by atomic mass is 9.46. The zero-order valence-corrected chi connectivity index (χ0v) is 19.1. The monoisotopic (exact) mass is 427 g/mol. The van der Waals surface area contributed by atoms with E-state index in [0.717, 1.165) is 43.5 Å². The summed E-state index contributed by atoms with van der Waals surface area (Å²) in [6.45, 7) is 4.73. The molecule has 5 rings (SSSR count). The van der Waals surface area contributed by atoms with E-state index in [2.05, 4.69) is 32.1 Å². The summed E-state index contributed by atoms with van der Waals surface area (Å²) in [7, 11) is 1.99. The van der Waals surface area contributed by atoms with Crippen LogP contribution >= 0.6 is 11.6 Å². The summed E-state index contributed by atoms with van der Waals surface area (Å²) in [5, 5.41) is 11.6. The minimum Gasteiger partial charge on any atom is -0.393 e. The molecule has 30 heavy (non-hydrogen) atoms. The SMILES string of the molecule is CN1C(=O)C=C[C@@]2(C)C1C(Cc1cccc(Cl)c1)C[C@@H]1[C@H]2CC[C@]2(C)C(O)CC[C@@H]12. The van der Waals surface area contributed by atoms with E-state index in [1.165, 1.54) is 5.56 Å². The van der Waals surface area contributed by atoms with Crippen molar-refractivity contribution >= 4 is 17.5 Å². The number of likely N-dealkylation sites (N-methyl/N-ethyl adjacent to an activating group) is 1. The number of nitrogens with zero attached hydrogens (tertiary/aromatic N) is 1. The van der Waals surface area contributed by atoms with Crippen LogP contribution in [0.25, 0.3) is 0 Å². The van der Waals surface area contributed by atoms with Crippen molar-refractivity contribution in [1.29, 1.82) is 0 Å². The number of hydrogen-bond acceptors (Lipinski definition) is 2. The molecule has 4 aliphatic rings. The minimum atomic E-state index is -0.161. The molecule has 1 amide bonds. The van der Waals surface area contributed by atoms with Crippen LogP contribution in [-0.2, 0) is 11.2 Å². The highest BCUT2D eigenvalue weighted by atomic mass is 35.5. The summed E-state index contributed by atoms with van der Waals surface area (Å²) in [5.41, 5.74) is 1.31. The predicted octanol–water partition coefficient (Wildman–Crippen LogP) is 5.11. The maximum Gasteiger partial charge on any atom is 0.246 e.